The van der Waals surface area contributed by atoms with Crippen LogP contribution >= 0.6 is 0 Å². The fourth-order valence-corrected chi connectivity index (χ4v) is 4.03. The van der Waals surface area contributed by atoms with Crippen LogP contribution in [0.2, 0.25) is 0 Å². The molecule has 150 valence electrons. The van der Waals surface area contributed by atoms with Crippen molar-refractivity contribution in [2.24, 2.45) is 0 Å². The molecule has 8 nitrogen and oxygen atoms in total. The first kappa shape index (κ1) is 18.9. The predicted octanol–water partition coefficient (Wildman–Crippen LogP) is 0.403. The van der Waals surface area contributed by atoms with Crippen LogP contribution in [-0.4, -0.2) is 70.9 Å². The second-order valence-corrected chi connectivity index (χ2v) is 7.51. The van der Waals surface area contributed by atoms with Crippen molar-refractivity contribution >= 4 is 16.7 Å². The maximum atomic E-state index is 12.6. The van der Waals surface area contributed by atoms with E-state index < -0.39 is 0 Å². The van der Waals surface area contributed by atoms with E-state index in [1.54, 1.807) is 24.3 Å². The highest BCUT2D eigenvalue weighted by atomic mass is 16.5. The number of aromatic amines is 1. The molecule has 0 aliphatic carbocycles. The van der Waals surface area contributed by atoms with Gasteiger partial charge in [-0.3, -0.25) is 24.4 Å². The number of ether oxygens (including phenoxy) is 1. The summed E-state index contributed by atoms with van der Waals surface area (Å²) < 4.78 is 6.93. The third-order valence-electron chi connectivity index (χ3n) is 5.64. The summed E-state index contributed by atoms with van der Waals surface area (Å²) in [5.74, 6) is 0.0117. The van der Waals surface area contributed by atoms with Gasteiger partial charge in [0.05, 0.1) is 23.4 Å². The summed E-state index contributed by atoms with van der Waals surface area (Å²) in [5, 5.41) is 3.33. The Morgan fingerprint density at radius 3 is 2.57 bits per heavy atom. The van der Waals surface area contributed by atoms with Crippen LogP contribution in [0.1, 0.15) is 19.3 Å². The fourth-order valence-electron chi connectivity index (χ4n) is 4.03. The van der Waals surface area contributed by atoms with Crippen molar-refractivity contribution in [1.29, 1.82) is 0 Å². The van der Waals surface area contributed by atoms with Crippen LogP contribution in [0.5, 0.6) is 0 Å². The molecule has 28 heavy (non-hydrogen) atoms. The quantitative estimate of drug-likeness (QED) is 0.804. The molecule has 2 aliphatic rings. The monoisotopic (exact) mass is 386 g/mol. The molecule has 2 saturated heterocycles. The first-order valence-corrected chi connectivity index (χ1v) is 9.95. The summed E-state index contributed by atoms with van der Waals surface area (Å²) in [7, 11) is 0. The smallest absolute Gasteiger partial charge is 0.273 e. The van der Waals surface area contributed by atoms with Crippen molar-refractivity contribution in [2.75, 3.05) is 39.3 Å². The number of fused-ring (bicyclic) bond motifs is 1. The first-order chi connectivity index (χ1) is 13.6. The maximum absolute atomic E-state index is 12.6. The molecule has 1 N–H and O–H groups in total. The van der Waals surface area contributed by atoms with Gasteiger partial charge in [0.2, 0.25) is 5.91 Å². The van der Waals surface area contributed by atoms with Crippen LogP contribution in [0.4, 0.5) is 0 Å². The number of benzene rings is 1. The van der Waals surface area contributed by atoms with E-state index in [0.717, 1.165) is 39.1 Å². The Kier molecular flexibility index (Phi) is 5.59. The number of rotatable bonds is 5. The molecule has 1 atom stereocenters. The molecule has 4 rings (SSSR count). The van der Waals surface area contributed by atoms with Gasteiger partial charge in [-0.15, -0.1) is 0 Å². The maximum Gasteiger partial charge on any atom is 0.273 e. The van der Waals surface area contributed by atoms with E-state index in [4.69, 9.17) is 4.74 Å². The van der Waals surface area contributed by atoms with Crippen LogP contribution in [0.25, 0.3) is 10.8 Å². The lowest BCUT2D eigenvalue weighted by atomic mass is 10.2. The van der Waals surface area contributed by atoms with Crippen molar-refractivity contribution in [3.8, 4) is 0 Å². The molecule has 0 saturated carbocycles. The third kappa shape index (κ3) is 4.02. The number of carbonyl (C=O) groups excluding carboxylic acids is 1. The number of H-pyrrole nitrogens is 1. The van der Waals surface area contributed by atoms with Gasteiger partial charge in [-0.1, -0.05) is 12.1 Å². The number of aryl methyl sites for hydroxylation is 1. The van der Waals surface area contributed by atoms with E-state index in [1.807, 2.05) is 4.90 Å². The molecular weight excluding hydrogens is 360 g/mol. The largest absolute Gasteiger partial charge is 0.377 e. The van der Waals surface area contributed by atoms with Gasteiger partial charge >= 0.3 is 0 Å². The van der Waals surface area contributed by atoms with Gasteiger partial charge in [0, 0.05) is 45.8 Å². The van der Waals surface area contributed by atoms with Crippen molar-refractivity contribution in [2.45, 2.75) is 31.9 Å². The first-order valence-electron chi connectivity index (χ1n) is 9.95. The topological polar surface area (TPSA) is 87.6 Å². The predicted molar refractivity (Wildman–Crippen MR) is 105 cm³/mol. The van der Waals surface area contributed by atoms with E-state index in [0.29, 0.717) is 30.0 Å². The zero-order valence-electron chi connectivity index (χ0n) is 15.9. The van der Waals surface area contributed by atoms with E-state index >= 15 is 0 Å². The van der Waals surface area contributed by atoms with Crippen molar-refractivity contribution < 1.29 is 9.53 Å². The van der Waals surface area contributed by atoms with Crippen molar-refractivity contribution in [3.05, 3.63) is 45.0 Å². The normalized spacial score (nSPS) is 20.7. The molecule has 1 aromatic carbocycles. The third-order valence-corrected chi connectivity index (χ3v) is 5.64. The average Bonchev–Trinajstić information content (AvgIpc) is 3.23. The van der Waals surface area contributed by atoms with Crippen LogP contribution in [0.3, 0.4) is 0 Å². The Morgan fingerprint density at radius 2 is 1.86 bits per heavy atom. The minimum Gasteiger partial charge on any atom is -0.377 e. The summed E-state index contributed by atoms with van der Waals surface area (Å²) in [6.45, 7) is 5.04. The lowest BCUT2D eigenvalue weighted by Gasteiger charge is -2.35. The Morgan fingerprint density at radius 1 is 1.11 bits per heavy atom. The number of piperazine rings is 1. The van der Waals surface area contributed by atoms with Gasteiger partial charge in [-0.05, 0) is 25.0 Å². The van der Waals surface area contributed by atoms with Crippen molar-refractivity contribution in [1.82, 2.24) is 19.6 Å². The Balaban J connectivity index is 1.33. The summed E-state index contributed by atoms with van der Waals surface area (Å²) in [5.41, 5.74) is -0.588. The van der Waals surface area contributed by atoms with Gasteiger partial charge in [-0.2, -0.15) is 0 Å². The highest BCUT2D eigenvalue weighted by Crippen LogP contribution is 2.14. The average molecular weight is 386 g/mol. The van der Waals surface area contributed by atoms with E-state index in [2.05, 4.69) is 10.00 Å². The van der Waals surface area contributed by atoms with E-state index in [1.165, 1.54) is 4.68 Å². The van der Waals surface area contributed by atoms with Crippen LogP contribution < -0.4 is 11.1 Å². The number of aromatic nitrogens is 2. The van der Waals surface area contributed by atoms with Gasteiger partial charge in [0.15, 0.2) is 0 Å². The molecular formula is C20H26N4O4. The second-order valence-electron chi connectivity index (χ2n) is 7.51. The lowest BCUT2D eigenvalue weighted by Crippen LogP contribution is -2.50. The Bertz CT molecular complexity index is 953. The highest BCUT2D eigenvalue weighted by molar-refractivity contribution is 5.80. The summed E-state index contributed by atoms with van der Waals surface area (Å²) in [6, 6.07) is 6.72. The van der Waals surface area contributed by atoms with Gasteiger partial charge < -0.3 is 9.64 Å². The highest BCUT2D eigenvalue weighted by Gasteiger charge is 2.24. The number of hydrogen-bond acceptors (Lipinski definition) is 5. The molecule has 1 unspecified atom stereocenters. The number of carbonyl (C=O) groups is 1. The van der Waals surface area contributed by atoms with Crippen molar-refractivity contribution in [3.63, 3.8) is 0 Å². The Labute approximate surface area is 162 Å². The zero-order chi connectivity index (χ0) is 19.5. The Hall–Kier alpha value is -2.45. The van der Waals surface area contributed by atoms with E-state index in [-0.39, 0.29) is 30.0 Å². The molecule has 2 aromatic rings. The lowest BCUT2D eigenvalue weighted by molar-refractivity contribution is -0.133. The number of nitrogens with one attached hydrogen (secondary N) is 1. The molecule has 1 aromatic heterocycles. The molecule has 0 radical (unpaired) electrons. The molecule has 0 spiro atoms. The minimum atomic E-state index is -0.314. The van der Waals surface area contributed by atoms with E-state index in [9.17, 15) is 14.4 Å². The molecule has 8 heteroatoms. The summed E-state index contributed by atoms with van der Waals surface area (Å²) in [6.07, 6.45) is 2.79. The van der Waals surface area contributed by atoms with Crippen LogP contribution in [-0.2, 0) is 16.1 Å². The van der Waals surface area contributed by atoms with Crippen LogP contribution in [0, 0.1) is 0 Å². The number of amides is 1. The van der Waals surface area contributed by atoms with Gasteiger partial charge in [-0.25, -0.2) is 4.68 Å². The molecule has 2 fully saturated rings. The summed E-state index contributed by atoms with van der Waals surface area (Å²) in [4.78, 5) is 41.4. The fraction of sp³-hybridized carbons (Fsp3) is 0.550. The molecule has 0 bridgehead atoms. The number of hydrogen-bond donors (Lipinski definition) is 1. The second kappa shape index (κ2) is 8.28. The number of nitrogens with zero attached hydrogens (tertiary/aromatic N) is 3. The minimum absolute atomic E-state index is 0.0117. The van der Waals surface area contributed by atoms with Gasteiger partial charge in [0.1, 0.15) is 0 Å². The SMILES string of the molecule is O=C(CCn1[nH]c(=O)c2ccccc2c1=O)N1CCN(CC2CCCO2)CC1. The summed E-state index contributed by atoms with van der Waals surface area (Å²) >= 11 is 0. The zero-order valence-corrected chi connectivity index (χ0v) is 15.9. The molecule has 3 heterocycles. The standard InChI is InChI=1S/C20H26N4O4/c25-18(23-11-9-22(10-12-23)14-15-4-3-13-28-15)7-8-24-20(27)17-6-2-1-5-16(17)19(26)21-24/h1-2,5-6,15H,3-4,7-14H2,(H,21,26). The molecule has 1 amide bonds. The molecule has 2 aliphatic heterocycles. The van der Waals surface area contributed by atoms with Gasteiger partial charge in [0.25, 0.3) is 11.1 Å². The van der Waals surface area contributed by atoms with Crippen LogP contribution in [0.15, 0.2) is 33.9 Å².